The number of rotatable bonds is 5. The van der Waals surface area contributed by atoms with Crippen LogP contribution >= 0.6 is 34.5 Å². The number of allylic oxidation sites excluding steroid dienone is 1. The minimum atomic E-state index is -0.461. The summed E-state index contributed by atoms with van der Waals surface area (Å²) in [6, 6.07) is 9.62. The average molecular weight is 503 g/mol. The van der Waals surface area contributed by atoms with Gasteiger partial charge in [0.2, 0.25) is 4.96 Å². The van der Waals surface area contributed by atoms with Crippen molar-refractivity contribution in [3.8, 4) is 11.3 Å². The molecule has 11 heteroatoms. The zero-order valence-corrected chi connectivity index (χ0v) is 19.7. The third-order valence-corrected chi connectivity index (χ3v) is 7.17. The summed E-state index contributed by atoms with van der Waals surface area (Å²) in [6.07, 6.45) is 3.37. The number of benzene rings is 1. The molecule has 1 aliphatic rings. The van der Waals surface area contributed by atoms with Crippen LogP contribution in [0.3, 0.4) is 0 Å². The predicted molar refractivity (Wildman–Crippen MR) is 127 cm³/mol. The van der Waals surface area contributed by atoms with E-state index >= 15 is 0 Å². The van der Waals surface area contributed by atoms with E-state index in [1.54, 1.807) is 42.5 Å². The average Bonchev–Trinajstić information content (AvgIpc) is 3.21. The molecular weight excluding hydrogens is 487 g/mol. The van der Waals surface area contributed by atoms with E-state index in [-0.39, 0.29) is 33.0 Å². The van der Waals surface area contributed by atoms with Gasteiger partial charge in [0.1, 0.15) is 20.5 Å². The smallest absolute Gasteiger partial charge is 0.291 e. The molecule has 4 aromatic rings. The molecule has 3 aromatic heterocycles. The van der Waals surface area contributed by atoms with Crippen molar-refractivity contribution in [3.05, 3.63) is 83.6 Å². The molecule has 1 aromatic carbocycles. The third-order valence-electron chi connectivity index (χ3n) is 5.96. The van der Waals surface area contributed by atoms with Gasteiger partial charge in [0.25, 0.3) is 11.2 Å². The van der Waals surface area contributed by atoms with Crippen LogP contribution in [0.15, 0.2) is 56.2 Å². The molecule has 0 aliphatic heterocycles. The van der Waals surface area contributed by atoms with E-state index in [1.807, 2.05) is 0 Å². The van der Waals surface area contributed by atoms with Crippen LogP contribution < -0.4 is 10.1 Å². The van der Waals surface area contributed by atoms with Crippen molar-refractivity contribution in [2.75, 3.05) is 0 Å². The number of para-hydroxylation sites is 1. The summed E-state index contributed by atoms with van der Waals surface area (Å²) in [5, 5.41) is 15.7. The Bertz CT molecular complexity index is 1550. The lowest BCUT2D eigenvalue weighted by Gasteiger charge is -1.98. The number of hydrogen-bond acceptors (Lipinski definition) is 7. The highest BCUT2D eigenvalue weighted by Crippen LogP contribution is 2.64. The summed E-state index contributed by atoms with van der Waals surface area (Å²) in [5.74, 6) is 1.45. The molecule has 0 spiro atoms. The largest absolute Gasteiger partial charge is 0.456 e. The summed E-state index contributed by atoms with van der Waals surface area (Å²) >= 11 is 12.8. The maximum absolute atomic E-state index is 12.9. The molecule has 3 heterocycles. The molecule has 0 amide bonds. The normalized spacial score (nSPS) is 19.7. The maximum Gasteiger partial charge on any atom is 0.291 e. The maximum atomic E-state index is 12.9. The van der Waals surface area contributed by atoms with Crippen LogP contribution in [0.25, 0.3) is 22.4 Å². The summed E-state index contributed by atoms with van der Waals surface area (Å²) in [7, 11) is 0. The Labute approximate surface area is 200 Å². The Kier molecular flexibility index (Phi) is 5.15. The van der Waals surface area contributed by atoms with Crippen molar-refractivity contribution in [1.29, 1.82) is 0 Å². The van der Waals surface area contributed by atoms with Gasteiger partial charge >= 0.3 is 0 Å². The fourth-order valence-electron chi connectivity index (χ4n) is 4.14. The first kappa shape index (κ1) is 21.8. The first-order valence-electron chi connectivity index (χ1n) is 9.94. The Morgan fingerprint density at radius 2 is 2.03 bits per heavy atom. The number of nitro groups is 1. The van der Waals surface area contributed by atoms with Crippen LogP contribution in [0, 0.1) is 21.4 Å². The first-order chi connectivity index (χ1) is 15.7. The summed E-state index contributed by atoms with van der Waals surface area (Å²) in [6.45, 7) is 4.15. The molecule has 0 radical (unpaired) electrons. The Hall–Kier alpha value is -3.01. The van der Waals surface area contributed by atoms with Gasteiger partial charge in [-0.2, -0.15) is 4.52 Å². The van der Waals surface area contributed by atoms with E-state index in [1.165, 1.54) is 21.9 Å². The molecule has 1 saturated carbocycles. The lowest BCUT2D eigenvalue weighted by molar-refractivity contribution is -0.384. The Balaban J connectivity index is 1.48. The number of furan rings is 1. The van der Waals surface area contributed by atoms with E-state index in [9.17, 15) is 14.9 Å². The molecule has 33 heavy (non-hydrogen) atoms. The minimum Gasteiger partial charge on any atom is -0.456 e. The van der Waals surface area contributed by atoms with Crippen molar-refractivity contribution in [2.45, 2.75) is 19.8 Å². The van der Waals surface area contributed by atoms with Gasteiger partial charge in [-0.1, -0.05) is 60.5 Å². The van der Waals surface area contributed by atoms with Crippen LogP contribution in [0.2, 0.25) is 0 Å². The van der Waals surface area contributed by atoms with Gasteiger partial charge in [0.15, 0.2) is 5.82 Å². The lowest BCUT2D eigenvalue weighted by Crippen LogP contribution is -2.23. The molecule has 168 valence electrons. The van der Waals surface area contributed by atoms with Crippen molar-refractivity contribution in [1.82, 2.24) is 14.6 Å². The van der Waals surface area contributed by atoms with E-state index in [2.05, 4.69) is 23.9 Å². The van der Waals surface area contributed by atoms with E-state index in [0.29, 0.717) is 32.4 Å². The zero-order valence-electron chi connectivity index (χ0n) is 17.4. The fraction of sp³-hybridized carbons (Fsp3) is 0.227. The van der Waals surface area contributed by atoms with Crippen molar-refractivity contribution in [3.63, 3.8) is 0 Å². The number of fused-ring (bicyclic) bond motifs is 1. The van der Waals surface area contributed by atoms with Gasteiger partial charge in [0.05, 0.1) is 10.5 Å². The van der Waals surface area contributed by atoms with Crippen LogP contribution in [-0.2, 0) is 0 Å². The van der Waals surface area contributed by atoms with Crippen LogP contribution in [0.4, 0.5) is 5.69 Å². The van der Waals surface area contributed by atoms with Gasteiger partial charge in [0, 0.05) is 18.1 Å². The SMILES string of the molecule is CC1(C)[C@H](C=C(Cl)Cl)[C@H]1c1nc2s/c(=C/c3ccc(-c4ccccc4[N+](=O)[O-])o3)c(=O)n2n1. The highest BCUT2D eigenvalue weighted by Gasteiger charge is 2.59. The molecule has 0 unspecified atom stereocenters. The number of nitro benzene ring substituents is 1. The van der Waals surface area contributed by atoms with Crippen molar-refractivity contribution in [2.24, 2.45) is 11.3 Å². The molecule has 0 N–H and O–H groups in total. The van der Waals surface area contributed by atoms with E-state index < -0.39 is 4.92 Å². The zero-order chi connectivity index (χ0) is 23.5. The molecule has 5 rings (SSSR count). The standard InChI is InChI=1S/C22H16Cl2N4O4S/c1-22(2)13(10-17(23)24)18(22)19-25-21-27(26-19)20(29)16(33-21)9-11-7-8-15(32-11)12-5-3-4-6-14(12)28(30)31/h3-10,13,18H,1-2H3/b16-9+/t13-,18+/m1/s1. The number of halogens is 2. The van der Waals surface area contributed by atoms with Gasteiger partial charge in [-0.15, -0.1) is 5.10 Å². The van der Waals surface area contributed by atoms with Crippen molar-refractivity contribution < 1.29 is 9.34 Å². The first-order valence-corrected chi connectivity index (χ1v) is 11.5. The highest BCUT2D eigenvalue weighted by atomic mass is 35.5. The van der Waals surface area contributed by atoms with Gasteiger partial charge in [-0.05, 0) is 35.6 Å². The predicted octanol–water partition coefficient (Wildman–Crippen LogP) is 4.93. The number of thiazole rings is 1. The molecule has 0 saturated heterocycles. The lowest BCUT2D eigenvalue weighted by atomic mass is 10.1. The van der Waals surface area contributed by atoms with E-state index in [4.69, 9.17) is 27.6 Å². The molecular formula is C22H16Cl2N4O4S. The molecule has 1 aliphatic carbocycles. The second kappa shape index (κ2) is 7.79. The molecule has 0 bridgehead atoms. The summed E-state index contributed by atoms with van der Waals surface area (Å²) in [5.41, 5.74) is -0.0991. The number of nitrogens with zero attached hydrogens (tertiary/aromatic N) is 4. The topological polar surface area (TPSA) is 104 Å². The molecule has 8 nitrogen and oxygen atoms in total. The van der Waals surface area contributed by atoms with Crippen LogP contribution in [-0.4, -0.2) is 19.5 Å². The quantitative estimate of drug-likeness (QED) is 0.283. The van der Waals surface area contributed by atoms with Crippen LogP contribution in [0.1, 0.15) is 31.4 Å². The van der Waals surface area contributed by atoms with Crippen LogP contribution in [0.5, 0.6) is 0 Å². The second-order valence-electron chi connectivity index (χ2n) is 8.34. The monoisotopic (exact) mass is 502 g/mol. The second-order valence-corrected chi connectivity index (χ2v) is 10.4. The van der Waals surface area contributed by atoms with Gasteiger partial charge in [-0.3, -0.25) is 14.9 Å². The van der Waals surface area contributed by atoms with Gasteiger partial charge < -0.3 is 4.42 Å². The number of hydrogen-bond donors (Lipinski definition) is 0. The minimum absolute atomic E-state index is 0.0261. The van der Waals surface area contributed by atoms with E-state index in [0.717, 1.165) is 0 Å². The fourth-order valence-corrected chi connectivity index (χ4v) is 5.31. The Morgan fingerprint density at radius 1 is 1.27 bits per heavy atom. The Morgan fingerprint density at radius 3 is 2.73 bits per heavy atom. The number of aromatic nitrogens is 3. The highest BCUT2D eigenvalue weighted by molar-refractivity contribution is 7.15. The summed E-state index contributed by atoms with van der Waals surface area (Å²) in [4.78, 5) is 28.8. The third kappa shape index (κ3) is 3.76. The molecule has 2 atom stereocenters. The van der Waals surface area contributed by atoms with Crippen molar-refractivity contribution >= 4 is 51.3 Å². The van der Waals surface area contributed by atoms with Gasteiger partial charge in [-0.25, -0.2) is 4.98 Å². The summed E-state index contributed by atoms with van der Waals surface area (Å²) < 4.78 is 7.66. The molecule has 1 fully saturated rings.